The number of fused-ring (bicyclic) bond motifs is 1. The van der Waals surface area contributed by atoms with Gasteiger partial charge in [0, 0.05) is 24.2 Å². The van der Waals surface area contributed by atoms with Crippen LogP contribution in [-0.2, 0) is 28.9 Å². The van der Waals surface area contributed by atoms with Crippen LogP contribution >= 0.6 is 11.6 Å². The summed E-state index contributed by atoms with van der Waals surface area (Å²) in [6.07, 6.45) is 3.30. The van der Waals surface area contributed by atoms with Gasteiger partial charge in [0.1, 0.15) is 5.75 Å². The van der Waals surface area contributed by atoms with E-state index in [0.29, 0.717) is 23.9 Å². The fourth-order valence-electron chi connectivity index (χ4n) is 4.87. The minimum Gasteiger partial charge on any atom is -0.482 e. The highest BCUT2D eigenvalue weighted by Crippen LogP contribution is 2.29. The smallest absolute Gasteiger partial charge is 0.344 e. The monoisotopic (exact) mass is 507 g/mol. The third-order valence-electron chi connectivity index (χ3n) is 6.66. The molecule has 0 spiro atoms. The normalized spacial score (nSPS) is 16.2. The minimum absolute atomic E-state index is 0.0952. The molecule has 4 rings (SSSR count). The Balaban J connectivity index is 1.54. The van der Waals surface area contributed by atoms with Crippen molar-refractivity contribution in [3.63, 3.8) is 0 Å². The number of benzene rings is 3. The Morgan fingerprint density at radius 3 is 2.69 bits per heavy atom. The topological polar surface area (TPSA) is 59.0 Å². The SMILES string of the molecule is CCOC(=O)COc1ccc2c(c1)CC(N(Cc1ccccc1)C[C@H](O)c1cccc(Cl)c1)CCC2. The molecule has 0 radical (unpaired) electrons. The molecule has 5 nitrogen and oxygen atoms in total. The van der Waals surface area contributed by atoms with Crippen molar-refractivity contribution in [2.75, 3.05) is 19.8 Å². The third-order valence-corrected chi connectivity index (χ3v) is 6.90. The summed E-state index contributed by atoms with van der Waals surface area (Å²) in [6.45, 7) is 3.28. The molecule has 1 aliphatic rings. The third kappa shape index (κ3) is 7.33. The lowest BCUT2D eigenvalue weighted by Gasteiger charge is -2.33. The molecular formula is C30H34ClNO4. The van der Waals surface area contributed by atoms with E-state index in [1.807, 2.05) is 36.4 Å². The van der Waals surface area contributed by atoms with Crippen molar-refractivity contribution in [1.82, 2.24) is 4.90 Å². The van der Waals surface area contributed by atoms with Crippen LogP contribution in [0.1, 0.15) is 48.1 Å². The molecule has 2 atom stereocenters. The van der Waals surface area contributed by atoms with Crippen LogP contribution in [0.25, 0.3) is 0 Å². The number of nitrogens with zero attached hydrogens (tertiary/aromatic N) is 1. The molecule has 0 aliphatic heterocycles. The number of hydrogen-bond donors (Lipinski definition) is 1. The molecule has 0 heterocycles. The summed E-state index contributed by atoms with van der Waals surface area (Å²) in [5.74, 6) is 0.311. The van der Waals surface area contributed by atoms with E-state index < -0.39 is 6.10 Å². The molecular weight excluding hydrogens is 474 g/mol. The maximum atomic E-state index is 11.7. The predicted molar refractivity (Wildman–Crippen MR) is 142 cm³/mol. The first-order valence-electron chi connectivity index (χ1n) is 12.6. The van der Waals surface area contributed by atoms with E-state index in [-0.39, 0.29) is 18.6 Å². The van der Waals surface area contributed by atoms with Crippen molar-refractivity contribution in [3.05, 3.63) is 100 Å². The molecule has 0 aromatic heterocycles. The average molecular weight is 508 g/mol. The first-order valence-corrected chi connectivity index (χ1v) is 13.0. The van der Waals surface area contributed by atoms with Crippen LogP contribution in [0.4, 0.5) is 0 Å². The first-order chi connectivity index (χ1) is 17.5. The van der Waals surface area contributed by atoms with E-state index in [4.69, 9.17) is 21.1 Å². The number of ether oxygens (including phenoxy) is 2. The quantitative estimate of drug-likeness (QED) is 0.279. The molecule has 36 heavy (non-hydrogen) atoms. The Hall–Kier alpha value is -2.86. The first kappa shape index (κ1) is 26.2. The molecule has 3 aromatic rings. The largest absolute Gasteiger partial charge is 0.482 e. The maximum Gasteiger partial charge on any atom is 0.344 e. The van der Waals surface area contributed by atoms with Gasteiger partial charge in [-0.25, -0.2) is 4.79 Å². The fraction of sp³-hybridized carbons (Fsp3) is 0.367. The average Bonchev–Trinajstić information content (AvgIpc) is 3.10. The van der Waals surface area contributed by atoms with Gasteiger partial charge in [0.05, 0.1) is 12.7 Å². The molecule has 3 aromatic carbocycles. The number of halogens is 1. The van der Waals surface area contributed by atoms with Crippen LogP contribution in [-0.4, -0.2) is 41.8 Å². The van der Waals surface area contributed by atoms with Crippen LogP contribution in [0, 0.1) is 0 Å². The number of aliphatic hydroxyl groups is 1. The Kier molecular flexibility index (Phi) is 9.40. The summed E-state index contributed by atoms with van der Waals surface area (Å²) in [6, 6.07) is 24.2. The number of aryl methyl sites for hydroxylation is 1. The Bertz CT molecular complexity index is 1140. The van der Waals surface area contributed by atoms with E-state index in [0.717, 1.165) is 37.8 Å². The van der Waals surface area contributed by atoms with E-state index in [1.54, 1.807) is 6.92 Å². The van der Waals surface area contributed by atoms with E-state index >= 15 is 0 Å². The molecule has 1 aliphatic carbocycles. The molecule has 1 N–H and O–H groups in total. The fourth-order valence-corrected chi connectivity index (χ4v) is 5.07. The van der Waals surface area contributed by atoms with Crippen molar-refractivity contribution in [2.24, 2.45) is 0 Å². The molecule has 0 saturated heterocycles. The number of esters is 1. The summed E-state index contributed by atoms with van der Waals surface area (Å²) in [7, 11) is 0. The lowest BCUT2D eigenvalue weighted by atomic mass is 9.99. The van der Waals surface area contributed by atoms with Crippen molar-refractivity contribution in [1.29, 1.82) is 0 Å². The molecule has 0 bridgehead atoms. The van der Waals surface area contributed by atoms with Crippen LogP contribution in [0.15, 0.2) is 72.8 Å². The van der Waals surface area contributed by atoms with Crippen molar-refractivity contribution < 1.29 is 19.4 Å². The van der Waals surface area contributed by atoms with Crippen LogP contribution < -0.4 is 4.74 Å². The van der Waals surface area contributed by atoms with Gasteiger partial charge in [-0.3, -0.25) is 4.90 Å². The predicted octanol–water partition coefficient (Wildman–Crippen LogP) is 5.77. The van der Waals surface area contributed by atoms with Gasteiger partial charge < -0.3 is 14.6 Å². The molecule has 190 valence electrons. The van der Waals surface area contributed by atoms with Gasteiger partial charge in [0.2, 0.25) is 0 Å². The zero-order valence-corrected chi connectivity index (χ0v) is 21.5. The van der Waals surface area contributed by atoms with Gasteiger partial charge >= 0.3 is 5.97 Å². The molecule has 0 amide bonds. The summed E-state index contributed by atoms with van der Waals surface area (Å²) in [5.41, 5.74) is 4.58. The van der Waals surface area contributed by atoms with Crippen molar-refractivity contribution in [3.8, 4) is 5.75 Å². The molecule has 1 unspecified atom stereocenters. The second-order valence-corrected chi connectivity index (χ2v) is 9.70. The summed E-state index contributed by atoms with van der Waals surface area (Å²) >= 11 is 6.19. The highest BCUT2D eigenvalue weighted by molar-refractivity contribution is 6.30. The van der Waals surface area contributed by atoms with Gasteiger partial charge in [-0.1, -0.05) is 60.1 Å². The van der Waals surface area contributed by atoms with Crippen LogP contribution in [0.2, 0.25) is 5.02 Å². The van der Waals surface area contributed by atoms with E-state index in [9.17, 15) is 9.90 Å². The summed E-state index contributed by atoms with van der Waals surface area (Å²) in [4.78, 5) is 14.1. The number of rotatable bonds is 10. The van der Waals surface area contributed by atoms with Gasteiger partial charge in [-0.15, -0.1) is 0 Å². The maximum absolute atomic E-state index is 11.7. The Labute approximate surface area is 218 Å². The number of aliphatic hydroxyl groups excluding tert-OH is 1. The Morgan fingerprint density at radius 2 is 1.92 bits per heavy atom. The van der Waals surface area contributed by atoms with Gasteiger partial charge in [0.15, 0.2) is 6.61 Å². The molecule has 0 saturated carbocycles. The number of carbonyl (C=O) groups is 1. The highest BCUT2D eigenvalue weighted by Gasteiger charge is 2.26. The molecule has 6 heteroatoms. The second kappa shape index (κ2) is 12.9. The van der Waals surface area contributed by atoms with Crippen molar-refractivity contribution in [2.45, 2.75) is 51.3 Å². The van der Waals surface area contributed by atoms with Gasteiger partial charge in [-0.05, 0) is 79.1 Å². The van der Waals surface area contributed by atoms with Crippen LogP contribution in [0.3, 0.4) is 0 Å². The van der Waals surface area contributed by atoms with Gasteiger partial charge in [0.25, 0.3) is 0 Å². The zero-order valence-electron chi connectivity index (χ0n) is 20.7. The highest BCUT2D eigenvalue weighted by atomic mass is 35.5. The van der Waals surface area contributed by atoms with E-state index in [2.05, 4.69) is 41.3 Å². The number of hydrogen-bond acceptors (Lipinski definition) is 5. The second-order valence-electron chi connectivity index (χ2n) is 9.26. The van der Waals surface area contributed by atoms with Crippen molar-refractivity contribution >= 4 is 17.6 Å². The minimum atomic E-state index is -0.644. The summed E-state index contributed by atoms with van der Waals surface area (Å²) in [5, 5.41) is 11.8. The standard InChI is InChI=1S/C30H34ClNO4/c1-2-35-30(34)21-36-28-15-14-23-10-7-13-27(17-25(23)18-28)32(19-22-8-4-3-5-9-22)20-29(33)24-11-6-12-26(31)16-24/h3-6,8-9,11-12,14-16,18,27,29,33H,2,7,10,13,17,19-21H2,1H3/t27?,29-/m0/s1. The Morgan fingerprint density at radius 1 is 1.08 bits per heavy atom. The molecule has 0 fully saturated rings. The zero-order chi connectivity index (χ0) is 25.3. The number of carbonyl (C=O) groups excluding carboxylic acids is 1. The summed E-state index contributed by atoms with van der Waals surface area (Å²) < 4.78 is 10.7. The van der Waals surface area contributed by atoms with E-state index in [1.165, 1.54) is 16.7 Å². The lowest BCUT2D eigenvalue weighted by Crippen LogP contribution is -2.39. The van der Waals surface area contributed by atoms with Gasteiger partial charge in [-0.2, -0.15) is 0 Å². The van der Waals surface area contributed by atoms with Crippen LogP contribution in [0.5, 0.6) is 5.75 Å². The lowest BCUT2D eigenvalue weighted by molar-refractivity contribution is -0.145.